The number of halogens is 1. The molecule has 2 rings (SSSR count). The highest BCUT2D eigenvalue weighted by Gasteiger charge is 2.27. The molecule has 112 valence electrons. The van der Waals surface area contributed by atoms with Crippen molar-refractivity contribution < 1.29 is 17.9 Å². The summed E-state index contributed by atoms with van der Waals surface area (Å²) in [5, 5.41) is 1.47. The number of ether oxygens (including phenoxy) is 1. The first kappa shape index (κ1) is 15.8. The van der Waals surface area contributed by atoms with Gasteiger partial charge >= 0.3 is 5.97 Å². The number of thiophene rings is 1. The van der Waals surface area contributed by atoms with Gasteiger partial charge in [-0.25, -0.2) is 13.2 Å². The normalized spacial score (nSPS) is 27.2. The van der Waals surface area contributed by atoms with E-state index in [2.05, 4.69) is 13.8 Å². The number of carbonyl (C=O) groups is 1. The van der Waals surface area contributed by atoms with E-state index in [9.17, 15) is 13.2 Å². The fourth-order valence-corrected chi connectivity index (χ4v) is 4.68. The summed E-state index contributed by atoms with van der Waals surface area (Å²) in [6.07, 6.45) is 2.79. The topological polar surface area (TPSA) is 60.4 Å². The largest absolute Gasteiger partial charge is 0.459 e. The average molecular weight is 337 g/mol. The molecule has 4 nitrogen and oxygen atoms in total. The Bertz CT molecular complexity index is 583. The maximum Gasteiger partial charge on any atom is 0.339 e. The third-order valence-electron chi connectivity index (χ3n) is 3.46. The fraction of sp³-hybridized carbons (Fsp3) is 0.615. The molecule has 2 unspecified atom stereocenters. The van der Waals surface area contributed by atoms with Crippen molar-refractivity contribution in [2.45, 2.75) is 43.4 Å². The smallest absolute Gasteiger partial charge is 0.339 e. The Morgan fingerprint density at radius 2 is 1.90 bits per heavy atom. The van der Waals surface area contributed by atoms with Crippen LogP contribution < -0.4 is 0 Å². The molecule has 0 amide bonds. The Morgan fingerprint density at radius 1 is 1.30 bits per heavy atom. The molecule has 0 N–H and O–H groups in total. The van der Waals surface area contributed by atoms with Gasteiger partial charge in [-0.2, -0.15) is 0 Å². The molecule has 1 aliphatic carbocycles. The van der Waals surface area contributed by atoms with Crippen LogP contribution in [0.5, 0.6) is 0 Å². The van der Waals surface area contributed by atoms with Gasteiger partial charge < -0.3 is 4.74 Å². The maximum atomic E-state index is 12.0. The third-order valence-corrected chi connectivity index (χ3v) is 6.50. The van der Waals surface area contributed by atoms with Crippen LogP contribution >= 0.6 is 22.0 Å². The van der Waals surface area contributed by atoms with Crippen molar-refractivity contribution in [2.24, 2.45) is 11.8 Å². The standard InChI is InChI=1S/C13H17ClO4S2/c1-8-3-9(2)5-11(4-8)18-13(15)10-6-12(19-7-10)20(14,16)17/h6-9,11H,3-5H2,1-2H3. The highest BCUT2D eigenvalue weighted by atomic mass is 35.7. The zero-order valence-electron chi connectivity index (χ0n) is 11.3. The molecule has 20 heavy (non-hydrogen) atoms. The second kappa shape index (κ2) is 6.03. The Labute approximate surface area is 127 Å². The fourth-order valence-electron chi connectivity index (χ4n) is 2.74. The summed E-state index contributed by atoms with van der Waals surface area (Å²) in [5.74, 6) is 0.606. The molecular formula is C13H17ClO4S2. The molecule has 1 aromatic heterocycles. The summed E-state index contributed by atoms with van der Waals surface area (Å²) in [4.78, 5) is 12.0. The average Bonchev–Trinajstić information content (AvgIpc) is 2.75. The van der Waals surface area contributed by atoms with Crippen LogP contribution in [0.2, 0.25) is 0 Å². The molecule has 0 saturated heterocycles. The first-order valence-electron chi connectivity index (χ1n) is 6.50. The lowest BCUT2D eigenvalue weighted by molar-refractivity contribution is 0.00810. The molecule has 1 aliphatic rings. The van der Waals surface area contributed by atoms with E-state index in [0.717, 1.165) is 30.6 Å². The van der Waals surface area contributed by atoms with E-state index in [1.807, 2.05) is 0 Å². The van der Waals surface area contributed by atoms with Gasteiger partial charge in [0.1, 0.15) is 10.3 Å². The zero-order valence-corrected chi connectivity index (χ0v) is 13.7. The molecule has 1 heterocycles. The third kappa shape index (κ3) is 3.96. The van der Waals surface area contributed by atoms with E-state index in [1.165, 1.54) is 11.4 Å². The first-order valence-corrected chi connectivity index (χ1v) is 9.68. The second-order valence-electron chi connectivity index (χ2n) is 5.54. The summed E-state index contributed by atoms with van der Waals surface area (Å²) < 4.78 is 27.8. The van der Waals surface area contributed by atoms with E-state index < -0.39 is 15.0 Å². The predicted molar refractivity (Wildman–Crippen MR) is 78.7 cm³/mol. The van der Waals surface area contributed by atoms with Crippen molar-refractivity contribution in [1.82, 2.24) is 0 Å². The van der Waals surface area contributed by atoms with Gasteiger partial charge in [0.25, 0.3) is 9.05 Å². The van der Waals surface area contributed by atoms with Crippen molar-refractivity contribution in [3.05, 3.63) is 17.0 Å². The number of esters is 1. The van der Waals surface area contributed by atoms with Crippen molar-refractivity contribution in [3.63, 3.8) is 0 Å². The first-order chi connectivity index (χ1) is 9.25. The lowest BCUT2D eigenvalue weighted by atomic mass is 9.82. The van der Waals surface area contributed by atoms with Crippen LogP contribution in [0.1, 0.15) is 43.5 Å². The second-order valence-corrected chi connectivity index (χ2v) is 9.24. The molecule has 0 spiro atoms. The van der Waals surface area contributed by atoms with Gasteiger partial charge in [-0.1, -0.05) is 13.8 Å². The van der Waals surface area contributed by atoms with Gasteiger partial charge in [-0.15, -0.1) is 11.3 Å². The van der Waals surface area contributed by atoms with Crippen LogP contribution in [0.25, 0.3) is 0 Å². The van der Waals surface area contributed by atoms with Crippen LogP contribution in [-0.4, -0.2) is 20.5 Å². The molecule has 1 fully saturated rings. The SMILES string of the molecule is CC1CC(C)CC(OC(=O)c2csc(S(=O)(=O)Cl)c2)C1. The predicted octanol–water partition coefficient (Wildman–Crippen LogP) is 3.66. The Kier molecular flexibility index (Phi) is 4.76. The van der Waals surface area contributed by atoms with Gasteiger partial charge in [-0.05, 0) is 37.2 Å². The molecule has 7 heteroatoms. The highest BCUT2D eigenvalue weighted by Crippen LogP contribution is 2.31. The molecular weight excluding hydrogens is 320 g/mol. The van der Waals surface area contributed by atoms with Crippen LogP contribution in [-0.2, 0) is 13.8 Å². The van der Waals surface area contributed by atoms with Crippen LogP contribution in [0.3, 0.4) is 0 Å². The van der Waals surface area contributed by atoms with Gasteiger partial charge in [0, 0.05) is 16.1 Å². The molecule has 0 aromatic carbocycles. The van der Waals surface area contributed by atoms with E-state index in [1.54, 1.807) is 0 Å². The number of carbonyl (C=O) groups excluding carboxylic acids is 1. The van der Waals surface area contributed by atoms with Gasteiger partial charge in [0.15, 0.2) is 0 Å². The Hall–Kier alpha value is -0.590. The molecule has 0 radical (unpaired) electrons. The molecule has 0 bridgehead atoms. The minimum absolute atomic E-state index is 0.0310. The minimum Gasteiger partial charge on any atom is -0.459 e. The lowest BCUT2D eigenvalue weighted by Gasteiger charge is -2.30. The van der Waals surface area contributed by atoms with Gasteiger partial charge in [0.05, 0.1) is 5.56 Å². The number of rotatable bonds is 3. The summed E-state index contributed by atoms with van der Waals surface area (Å²) in [7, 11) is 1.45. The monoisotopic (exact) mass is 336 g/mol. The van der Waals surface area contributed by atoms with E-state index in [0.29, 0.717) is 11.8 Å². The number of hydrogen-bond acceptors (Lipinski definition) is 5. The molecule has 2 atom stereocenters. The summed E-state index contributed by atoms with van der Waals surface area (Å²) in [5.41, 5.74) is 0.250. The van der Waals surface area contributed by atoms with Crippen LogP contribution in [0, 0.1) is 11.8 Å². The summed E-state index contributed by atoms with van der Waals surface area (Å²) in [6, 6.07) is 1.27. The summed E-state index contributed by atoms with van der Waals surface area (Å²) in [6.45, 7) is 4.30. The van der Waals surface area contributed by atoms with Gasteiger partial charge in [-0.3, -0.25) is 0 Å². The summed E-state index contributed by atoms with van der Waals surface area (Å²) >= 11 is 0.927. The van der Waals surface area contributed by atoms with Crippen molar-refractivity contribution in [2.75, 3.05) is 0 Å². The molecule has 1 aromatic rings. The van der Waals surface area contributed by atoms with Gasteiger partial charge in [0.2, 0.25) is 0 Å². The molecule has 0 aliphatic heterocycles. The van der Waals surface area contributed by atoms with Crippen LogP contribution in [0.4, 0.5) is 0 Å². The molecule has 1 saturated carbocycles. The number of hydrogen-bond donors (Lipinski definition) is 0. The van der Waals surface area contributed by atoms with Crippen molar-refractivity contribution in [1.29, 1.82) is 0 Å². The Balaban J connectivity index is 2.03. The highest BCUT2D eigenvalue weighted by molar-refractivity contribution is 8.15. The van der Waals surface area contributed by atoms with Crippen molar-refractivity contribution >= 4 is 37.0 Å². The zero-order chi connectivity index (χ0) is 14.9. The maximum absolute atomic E-state index is 12.0. The van der Waals surface area contributed by atoms with Crippen LogP contribution in [0.15, 0.2) is 15.7 Å². The van der Waals surface area contributed by atoms with E-state index in [-0.39, 0.29) is 15.9 Å². The van der Waals surface area contributed by atoms with Crippen molar-refractivity contribution in [3.8, 4) is 0 Å². The Morgan fingerprint density at radius 3 is 2.40 bits per heavy atom. The lowest BCUT2D eigenvalue weighted by Crippen LogP contribution is -2.28. The van der Waals surface area contributed by atoms with E-state index >= 15 is 0 Å². The van der Waals surface area contributed by atoms with E-state index in [4.69, 9.17) is 15.4 Å². The minimum atomic E-state index is -3.78. The quantitative estimate of drug-likeness (QED) is 0.624.